The number of hydrogen-bond acceptors (Lipinski definition) is 3. The van der Waals surface area contributed by atoms with Crippen molar-refractivity contribution in [3.05, 3.63) is 30.1 Å². The van der Waals surface area contributed by atoms with Crippen molar-refractivity contribution in [2.45, 2.75) is 23.5 Å². The van der Waals surface area contributed by atoms with E-state index in [-0.39, 0.29) is 11.3 Å². The highest BCUT2D eigenvalue weighted by Crippen LogP contribution is 2.18. The van der Waals surface area contributed by atoms with Crippen LogP contribution in [0, 0.1) is 5.82 Å². The third kappa shape index (κ3) is 2.38. The van der Waals surface area contributed by atoms with Gasteiger partial charge < -0.3 is 5.73 Å². The van der Waals surface area contributed by atoms with Gasteiger partial charge in [0.2, 0.25) is 5.91 Å². The second kappa shape index (κ2) is 4.61. The zero-order valence-corrected chi connectivity index (χ0v) is 9.50. The number of amides is 1. The summed E-state index contributed by atoms with van der Waals surface area (Å²) in [4.78, 5) is 10.8. The van der Waals surface area contributed by atoms with Gasteiger partial charge in [-0.1, -0.05) is 13.0 Å². The van der Waals surface area contributed by atoms with Crippen LogP contribution in [0.2, 0.25) is 0 Å². The van der Waals surface area contributed by atoms with Crippen molar-refractivity contribution in [2.75, 3.05) is 0 Å². The van der Waals surface area contributed by atoms with Crippen molar-refractivity contribution >= 4 is 15.7 Å². The van der Waals surface area contributed by atoms with Gasteiger partial charge in [0, 0.05) is 0 Å². The van der Waals surface area contributed by atoms with Crippen molar-refractivity contribution in [1.82, 2.24) is 0 Å². The molecule has 0 aliphatic rings. The average molecular weight is 245 g/mol. The summed E-state index contributed by atoms with van der Waals surface area (Å²) in [5, 5.41) is -1.31. The highest BCUT2D eigenvalue weighted by molar-refractivity contribution is 7.92. The minimum atomic E-state index is -3.89. The third-order valence-electron chi connectivity index (χ3n) is 2.19. The Kier molecular flexibility index (Phi) is 3.64. The van der Waals surface area contributed by atoms with Gasteiger partial charge in [-0.3, -0.25) is 4.79 Å². The van der Waals surface area contributed by atoms with E-state index in [1.807, 2.05) is 0 Å². The molecule has 6 heteroatoms. The molecule has 4 nitrogen and oxygen atoms in total. The zero-order valence-electron chi connectivity index (χ0n) is 8.68. The van der Waals surface area contributed by atoms with Crippen LogP contribution in [0.3, 0.4) is 0 Å². The van der Waals surface area contributed by atoms with Crippen molar-refractivity contribution < 1.29 is 17.6 Å². The standard InChI is InChI=1S/C10H12FNO3S/c1-2-9(10(12)13)16(14,15)8-5-3-4-7(11)6-8/h3-6,9H,2H2,1H3,(H2,12,13). The first-order valence-corrected chi connectivity index (χ1v) is 6.23. The molecule has 0 aliphatic carbocycles. The molecule has 1 unspecified atom stereocenters. The van der Waals surface area contributed by atoms with Gasteiger partial charge in [0.1, 0.15) is 11.1 Å². The largest absolute Gasteiger partial charge is 0.369 e. The molecule has 1 atom stereocenters. The van der Waals surface area contributed by atoms with Crippen molar-refractivity contribution in [3.63, 3.8) is 0 Å². The molecule has 0 heterocycles. The molecule has 16 heavy (non-hydrogen) atoms. The first kappa shape index (κ1) is 12.6. The van der Waals surface area contributed by atoms with Crippen LogP contribution in [0.4, 0.5) is 4.39 Å². The Hall–Kier alpha value is -1.43. The van der Waals surface area contributed by atoms with E-state index in [0.717, 1.165) is 12.1 Å². The van der Waals surface area contributed by atoms with Crippen LogP contribution >= 0.6 is 0 Å². The number of halogens is 1. The van der Waals surface area contributed by atoms with E-state index in [2.05, 4.69) is 0 Å². The number of carbonyl (C=O) groups excluding carboxylic acids is 1. The predicted octanol–water partition coefficient (Wildman–Crippen LogP) is 0.863. The lowest BCUT2D eigenvalue weighted by Gasteiger charge is -2.12. The van der Waals surface area contributed by atoms with Crippen molar-refractivity contribution in [1.29, 1.82) is 0 Å². The maximum atomic E-state index is 12.9. The van der Waals surface area contributed by atoms with Crippen molar-refractivity contribution in [3.8, 4) is 0 Å². The number of carbonyl (C=O) groups is 1. The molecule has 0 aliphatic heterocycles. The molecule has 1 aromatic carbocycles. The molecule has 1 amide bonds. The number of rotatable bonds is 4. The fourth-order valence-electron chi connectivity index (χ4n) is 1.38. The van der Waals surface area contributed by atoms with Crippen LogP contribution in [0.25, 0.3) is 0 Å². The van der Waals surface area contributed by atoms with Gasteiger partial charge in [0.15, 0.2) is 9.84 Å². The fraction of sp³-hybridized carbons (Fsp3) is 0.300. The maximum Gasteiger partial charge on any atom is 0.236 e. The Morgan fingerprint density at radius 3 is 2.56 bits per heavy atom. The first-order valence-electron chi connectivity index (χ1n) is 4.68. The van der Waals surface area contributed by atoms with Crippen LogP contribution in [0.1, 0.15) is 13.3 Å². The Bertz CT molecular complexity index is 499. The molecule has 0 aromatic heterocycles. The summed E-state index contributed by atoms with van der Waals surface area (Å²) in [6.07, 6.45) is 0.0637. The Balaban J connectivity index is 3.25. The van der Waals surface area contributed by atoms with Gasteiger partial charge in [0.05, 0.1) is 4.90 Å². The summed E-state index contributed by atoms with van der Waals surface area (Å²) in [5.74, 6) is -1.59. The predicted molar refractivity (Wildman–Crippen MR) is 56.9 cm³/mol. The van der Waals surface area contributed by atoms with Gasteiger partial charge in [-0.05, 0) is 24.6 Å². The van der Waals surface area contributed by atoms with E-state index in [1.54, 1.807) is 0 Å². The van der Waals surface area contributed by atoms with Crippen LogP contribution in [-0.4, -0.2) is 19.6 Å². The molecule has 0 bridgehead atoms. The summed E-state index contributed by atoms with van der Waals surface area (Å²) < 4.78 is 36.7. The summed E-state index contributed by atoms with van der Waals surface area (Å²) in [6.45, 7) is 1.53. The van der Waals surface area contributed by atoms with E-state index in [9.17, 15) is 17.6 Å². The summed E-state index contributed by atoms with van der Waals surface area (Å²) in [7, 11) is -3.89. The zero-order chi connectivity index (χ0) is 12.3. The van der Waals surface area contributed by atoms with Crippen LogP contribution in [-0.2, 0) is 14.6 Å². The molecule has 1 aromatic rings. The topological polar surface area (TPSA) is 77.2 Å². The molecule has 1 rings (SSSR count). The van der Waals surface area contributed by atoms with Crippen LogP contribution in [0.15, 0.2) is 29.2 Å². The summed E-state index contributed by atoms with van der Waals surface area (Å²) in [5.41, 5.74) is 5.00. The van der Waals surface area contributed by atoms with Gasteiger partial charge in [-0.2, -0.15) is 0 Å². The number of nitrogens with two attached hydrogens (primary N) is 1. The lowest BCUT2D eigenvalue weighted by Crippen LogP contribution is -2.35. The lowest BCUT2D eigenvalue weighted by molar-refractivity contribution is -0.117. The molecule has 0 radical (unpaired) electrons. The quantitative estimate of drug-likeness (QED) is 0.854. The summed E-state index contributed by atoms with van der Waals surface area (Å²) in [6, 6.07) is 4.52. The average Bonchev–Trinajstić information content (AvgIpc) is 2.17. The fourth-order valence-corrected chi connectivity index (χ4v) is 3.00. The molecule has 0 saturated carbocycles. The van der Waals surface area contributed by atoms with Crippen molar-refractivity contribution in [2.24, 2.45) is 5.73 Å². The van der Waals surface area contributed by atoms with E-state index < -0.39 is 26.8 Å². The van der Waals surface area contributed by atoms with E-state index in [0.29, 0.717) is 0 Å². The second-order valence-electron chi connectivity index (χ2n) is 3.30. The number of primary amides is 1. The third-order valence-corrected chi connectivity index (χ3v) is 4.41. The van der Waals surface area contributed by atoms with Gasteiger partial charge in [0.25, 0.3) is 0 Å². The number of hydrogen-bond donors (Lipinski definition) is 1. The van der Waals surface area contributed by atoms with Crippen LogP contribution in [0.5, 0.6) is 0 Å². The van der Waals surface area contributed by atoms with Gasteiger partial charge >= 0.3 is 0 Å². The molecule has 88 valence electrons. The molecule has 0 saturated heterocycles. The Morgan fingerprint density at radius 2 is 2.12 bits per heavy atom. The SMILES string of the molecule is CCC(C(N)=O)S(=O)(=O)c1cccc(F)c1. The molecular weight excluding hydrogens is 233 g/mol. The molecular formula is C10H12FNO3S. The lowest BCUT2D eigenvalue weighted by atomic mass is 10.3. The minimum absolute atomic E-state index is 0.0637. The first-order chi connectivity index (χ1) is 7.39. The highest BCUT2D eigenvalue weighted by atomic mass is 32.2. The van der Waals surface area contributed by atoms with E-state index >= 15 is 0 Å². The smallest absolute Gasteiger partial charge is 0.236 e. The molecule has 0 spiro atoms. The highest BCUT2D eigenvalue weighted by Gasteiger charge is 2.30. The maximum absolute atomic E-state index is 12.9. The minimum Gasteiger partial charge on any atom is -0.369 e. The molecule has 2 N–H and O–H groups in total. The monoisotopic (exact) mass is 245 g/mol. The normalized spacial score (nSPS) is 13.4. The second-order valence-corrected chi connectivity index (χ2v) is 5.43. The van der Waals surface area contributed by atoms with Crippen LogP contribution < -0.4 is 5.73 Å². The number of sulfone groups is 1. The van der Waals surface area contributed by atoms with Gasteiger partial charge in [-0.15, -0.1) is 0 Å². The summed E-state index contributed by atoms with van der Waals surface area (Å²) >= 11 is 0. The van der Waals surface area contributed by atoms with Gasteiger partial charge in [-0.25, -0.2) is 12.8 Å². The number of benzene rings is 1. The van der Waals surface area contributed by atoms with E-state index in [4.69, 9.17) is 5.73 Å². The molecule has 0 fully saturated rings. The Morgan fingerprint density at radius 1 is 1.50 bits per heavy atom. The Labute approximate surface area is 93.2 Å². The van der Waals surface area contributed by atoms with E-state index in [1.165, 1.54) is 19.1 Å².